The molecule has 1 aromatic carbocycles. The van der Waals surface area contributed by atoms with Crippen LogP contribution in [0.1, 0.15) is 12.5 Å². The van der Waals surface area contributed by atoms with Crippen LogP contribution in [0.4, 0.5) is 0 Å². The van der Waals surface area contributed by atoms with Crippen molar-refractivity contribution < 1.29 is 4.74 Å². The fraction of sp³-hybridized carbons (Fsp3) is 0.286. The van der Waals surface area contributed by atoms with Crippen molar-refractivity contribution in [2.75, 3.05) is 13.2 Å². The highest BCUT2D eigenvalue weighted by Gasteiger charge is 2.24. The molecule has 2 heterocycles. The first-order valence-electron chi connectivity index (χ1n) is 6.36. The number of halogens is 1. The molecule has 6 heteroatoms. The SMILES string of the molecule is O=c1[nH]c(Cl)c(-c2ccccc2)c(=O)n1C1CCOC1. The van der Waals surface area contributed by atoms with Crippen LogP contribution >= 0.6 is 11.6 Å². The number of hydrogen-bond donors (Lipinski definition) is 1. The number of hydrogen-bond acceptors (Lipinski definition) is 3. The van der Waals surface area contributed by atoms with Gasteiger partial charge in [0, 0.05) is 6.61 Å². The molecule has 2 aromatic rings. The van der Waals surface area contributed by atoms with Crippen molar-refractivity contribution in [3.05, 3.63) is 56.3 Å². The molecule has 1 aliphatic rings. The highest BCUT2D eigenvalue weighted by atomic mass is 35.5. The summed E-state index contributed by atoms with van der Waals surface area (Å²) in [6, 6.07) is 8.84. The maximum absolute atomic E-state index is 12.6. The lowest BCUT2D eigenvalue weighted by Crippen LogP contribution is -2.39. The highest BCUT2D eigenvalue weighted by molar-refractivity contribution is 6.32. The van der Waals surface area contributed by atoms with Gasteiger partial charge in [0.15, 0.2) is 0 Å². The second-order valence-corrected chi connectivity index (χ2v) is 5.06. The summed E-state index contributed by atoms with van der Waals surface area (Å²) in [6.45, 7) is 0.929. The van der Waals surface area contributed by atoms with Gasteiger partial charge in [0.2, 0.25) is 0 Å². The van der Waals surface area contributed by atoms with Crippen LogP contribution in [0.2, 0.25) is 5.15 Å². The normalized spacial score (nSPS) is 18.4. The average molecular weight is 293 g/mol. The summed E-state index contributed by atoms with van der Waals surface area (Å²) in [5.74, 6) is 0. The topological polar surface area (TPSA) is 64.1 Å². The maximum Gasteiger partial charge on any atom is 0.329 e. The third-order valence-corrected chi connectivity index (χ3v) is 3.70. The minimum atomic E-state index is -0.491. The Morgan fingerprint density at radius 3 is 2.65 bits per heavy atom. The molecule has 1 aliphatic heterocycles. The predicted octanol–water partition coefficient (Wildman–Crippen LogP) is 1.82. The molecule has 3 rings (SSSR count). The minimum absolute atomic E-state index is 0.0707. The second-order valence-electron chi connectivity index (χ2n) is 4.68. The highest BCUT2D eigenvalue weighted by Crippen LogP contribution is 2.22. The van der Waals surface area contributed by atoms with Crippen LogP contribution in [0.25, 0.3) is 11.1 Å². The van der Waals surface area contributed by atoms with E-state index in [0.717, 1.165) is 0 Å². The Morgan fingerprint density at radius 1 is 1.25 bits per heavy atom. The van der Waals surface area contributed by atoms with Crippen LogP contribution < -0.4 is 11.2 Å². The number of benzene rings is 1. The van der Waals surface area contributed by atoms with Crippen molar-refractivity contribution in [3.63, 3.8) is 0 Å². The molecule has 0 amide bonds. The molecule has 0 aliphatic carbocycles. The summed E-state index contributed by atoms with van der Waals surface area (Å²) in [4.78, 5) is 27.1. The Kier molecular flexibility index (Phi) is 3.46. The Hall–Kier alpha value is -1.85. The van der Waals surface area contributed by atoms with Gasteiger partial charge in [-0.3, -0.25) is 14.3 Å². The van der Waals surface area contributed by atoms with Gasteiger partial charge in [0.25, 0.3) is 5.56 Å². The second kappa shape index (κ2) is 5.26. The van der Waals surface area contributed by atoms with Crippen LogP contribution in [-0.2, 0) is 4.74 Å². The summed E-state index contributed by atoms with van der Waals surface area (Å²) in [5.41, 5.74) is 0.140. The number of H-pyrrole nitrogens is 1. The lowest BCUT2D eigenvalue weighted by Gasteiger charge is -2.13. The largest absolute Gasteiger partial charge is 0.379 e. The first kappa shape index (κ1) is 13.1. The fourth-order valence-corrected chi connectivity index (χ4v) is 2.71. The van der Waals surface area contributed by atoms with Crippen molar-refractivity contribution in [1.82, 2.24) is 9.55 Å². The van der Waals surface area contributed by atoms with Gasteiger partial charge in [-0.15, -0.1) is 0 Å². The van der Waals surface area contributed by atoms with Gasteiger partial charge in [-0.2, -0.15) is 0 Å². The molecule has 0 bridgehead atoms. The Balaban J connectivity index is 2.23. The van der Waals surface area contributed by atoms with E-state index in [1.807, 2.05) is 18.2 Å². The van der Waals surface area contributed by atoms with Crippen molar-refractivity contribution >= 4 is 11.6 Å². The molecule has 1 atom stereocenters. The quantitative estimate of drug-likeness (QED) is 0.859. The molecule has 1 unspecified atom stereocenters. The van der Waals surface area contributed by atoms with Gasteiger partial charge in [-0.25, -0.2) is 4.79 Å². The summed E-state index contributed by atoms with van der Waals surface area (Å²) in [7, 11) is 0. The van der Waals surface area contributed by atoms with Crippen LogP contribution in [0, 0.1) is 0 Å². The first-order chi connectivity index (χ1) is 9.68. The number of aromatic amines is 1. The molecule has 104 valence electrons. The van der Waals surface area contributed by atoms with Crippen molar-refractivity contribution in [1.29, 1.82) is 0 Å². The number of rotatable bonds is 2. The van der Waals surface area contributed by atoms with Crippen LogP contribution in [-0.4, -0.2) is 22.8 Å². The van der Waals surface area contributed by atoms with Gasteiger partial charge < -0.3 is 4.74 Å². The smallest absolute Gasteiger partial charge is 0.329 e. The summed E-state index contributed by atoms with van der Waals surface area (Å²) in [5, 5.41) is 0.0707. The van der Waals surface area contributed by atoms with Gasteiger partial charge in [-0.05, 0) is 12.0 Å². The molecule has 1 saturated heterocycles. The molecule has 20 heavy (non-hydrogen) atoms. The van der Waals surface area contributed by atoms with E-state index >= 15 is 0 Å². The zero-order valence-corrected chi connectivity index (χ0v) is 11.4. The van der Waals surface area contributed by atoms with Crippen LogP contribution in [0.15, 0.2) is 39.9 Å². The molecule has 1 fully saturated rings. The van der Waals surface area contributed by atoms with E-state index in [0.29, 0.717) is 30.8 Å². The molecule has 5 nitrogen and oxygen atoms in total. The summed E-state index contributed by atoms with van der Waals surface area (Å²) >= 11 is 6.05. The zero-order chi connectivity index (χ0) is 14.1. The molecule has 0 spiro atoms. The third kappa shape index (κ3) is 2.19. The monoisotopic (exact) mass is 292 g/mol. The van der Waals surface area contributed by atoms with E-state index < -0.39 is 5.69 Å². The number of nitrogens with zero attached hydrogens (tertiary/aromatic N) is 1. The third-order valence-electron chi connectivity index (χ3n) is 3.42. The van der Waals surface area contributed by atoms with E-state index in [-0.39, 0.29) is 16.8 Å². The van der Waals surface area contributed by atoms with Crippen LogP contribution in [0.5, 0.6) is 0 Å². The lowest BCUT2D eigenvalue weighted by molar-refractivity contribution is 0.185. The summed E-state index contributed by atoms with van der Waals surface area (Å²) in [6.07, 6.45) is 0.652. The molecule has 0 radical (unpaired) electrons. The van der Waals surface area contributed by atoms with E-state index in [1.54, 1.807) is 12.1 Å². The molecular weight excluding hydrogens is 280 g/mol. The van der Waals surface area contributed by atoms with E-state index in [1.165, 1.54) is 4.57 Å². The van der Waals surface area contributed by atoms with Gasteiger partial charge in [0.05, 0.1) is 18.2 Å². The fourth-order valence-electron chi connectivity index (χ4n) is 2.44. The molecular formula is C14H13ClN2O3. The zero-order valence-electron chi connectivity index (χ0n) is 10.6. The Morgan fingerprint density at radius 2 is 2.00 bits per heavy atom. The molecule has 1 N–H and O–H groups in total. The van der Waals surface area contributed by atoms with Gasteiger partial charge in [0.1, 0.15) is 5.15 Å². The standard InChI is InChI=1S/C14H13ClN2O3/c15-12-11(9-4-2-1-3-5-9)13(18)17(14(19)16-12)10-6-7-20-8-10/h1-5,10H,6-8H2,(H,16,19). The van der Waals surface area contributed by atoms with E-state index in [9.17, 15) is 9.59 Å². The van der Waals surface area contributed by atoms with Gasteiger partial charge >= 0.3 is 5.69 Å². The van der Waals surface area contributed by atoms with Gasteiger partial charge in [-0.1, -0.05) is 41.9 Å². The van der Waals surface area contributed by atoms with Crippen LogP contribution in [0.3, 0.4) is 0 Å². The molecule has 1 aromatic heterocycles. The number of nitrogens with one attached hydrogen (secondary N) is 1. The number of aromatic nitrogens is 2. The van der Waals surface area contributed by atoms with Crippen molar-refractivity contribution in [3.8, 4) is 11.1 Å². The number of ether oxygens (including phenoxy) is 1. The first-order valence-corrected chi connectivity index (χ1v) is 6.74. The minimum Gasteiger partial charge on any atom is -0.379 e. The average Bonchev–Trinajstić information content (AvgIpc) is 2.93. The maximum atomic E-state index is 12.6. The Bertz CT molecular complexity index is 730. The molecule has 0 saturated carbocycles. The lowest BCUT2D eigenvalue weighted by atomic mass is 10.1. The summed E-state index contributed by atoms with van der Waals surface area (Å²) < 4.78 is 6.46. The van der Waals surface area contributed by atoms with Crippen molar-refractivity contribution in [2.24, 2.45) is 0 Å². The Labute approximate surface area is 119 Å². The van der Waals surface area contributed by atoms with E-state index in [4.69, 9.17) is 16.3 Å². The predicted molar refractivity (Wildman–Crippen MR) is 76.2 cm³/mol. The van der Waals surface area contributed by atoms with E-state index in [2.05, 4.69) is 4.98 Å². The van der Waals surface area contributed by atoms with Crippen molar-refractivity contribution in [2.45, 2.75) is 12.5 Å².